The fourth-order valence-electron chi connectivity index (χ4n) is 1.03. The van der Waals surface area contributed by atoms with Crippen LogP contribution in [0.2, 0.25) is 0 Å². The molecule has 0 aromatic heterocycles. The van der Waals surface area contributed by atoms with Crippen LogP contribution in [0.25, 0.3) is 0 Å². The number of benzene rings is 1. The molecule has 1 aromatic rings. The highest BCUT2D eigenvalue weighted by atomic mass is 32.1. The molecule has 0 heterocycles. The SMILES string of the molecule is CCCOc1cc(F)c(CS)c(F)c1. The summed E-state index contributed by atoms with van der Waals surface area (Å²) in [5.41, 5.74) is -0.0165. The lowest BCUT2D eigenvalue weighted by Gasteiger charge is -2.07. The maximum atomic E-state index is 13.2. The maximum absolute atomic E-state index is 13.2. The Morgan fingerprint density at radius 2 is 1.86 bits per heavy atom. The highest BCUT2D eigenvalue weighted by Gasteiger charge is 2.09. The van der Waals surface area contributed by atoms with Gasteiger partial charge >= 0.3 is 0 Å². The third-order valence-electron chi connectivity index (χ3n) is 1.75. The van der Waals surface area contributed by atoms with Crippen molar-refractivity contribution in [3.05, 3.63) is 29.3 Å². The van der Waals surface area contributed by atoms with Crippen molar-refractivity contribution in [1.29, 1.82) is 0 Å². The molecule has 0 amide bonds. The minimum atomic E-state index is -0.605. The van der Waals surface area contributed by atoms with Gasteiger partial charge in [0.15, 0.2) is 0 Å². The molecule has 0 spiro atoms. The number of thiol groups is 1. The van der Waals surface area contributed by atoms with E-state index in [0.717, 1.165) is 6.42 Å². The molecular weight excluding hydrogens is 206 g/mol. The Hall–Kier alpha value is -0.770. The van der Waals surface area contributed by atoms with Crippen LogP contribution in [0.15, 0.2) is 12.1 Å². The molecule has 4 heteroatoms. The van der Waals surface area contributed by atoms with E-state index in [-0.39, 0.29) is 17.1 Å². The largest absolute Gasteiger partial charge is 0.493 e. The summed E-state index contributed by atoms with van der Waals surface area (Å²) in [6, 6.07) is 2.37. The number of ether oxygens (including phenoxy) is 1. The van der Waals surface area contributed by atoms with Gasteiger partial charge in [-0.2, -0.15) is 12.6 Å². The van der Waals surface area contributed by atoms with Crippen LogP contribution in [0.3, 0.4) is 0 Å². The molecule has 0 aliphatic carbocycles. The number of halogens is 2. The van der Waals surface area contributed by atoms with Gasteiger partial charge in [0.1, 0.15) is 17.4 Å². The molecule has 1 aromatic carbocycles. The fraction of sp³-hybridized carbons (Fsp3) is 0.400. The molecule has 0 unspecified atom stereocenters. The molecule has 0 saturated carbocycles. The Bertz CT molecular complexity index is 292. The first-order chi connectivity index (χ1) is 6.69. The summed E-state index contributed by atoms with van der Waals surface area (Å²) in [7, 11) is 0. The van der Waals surface area contributed by atoms with Crippen LogP contribution in [0.5, 0.6) is 5.75 Å². The van der Waals surface area contributed by atoms with E-state index in [0.29, 0.717) is 6.61 Å². The first-order valence-electron chi connectivity index (χ1n) is 4.40. The second-order valence-corrected chi connectivity index (χ2v) is 3.19. The Morgan fingerprint density at radius 3 is 2.29 bits per heavy atom. The van der Waals surface area contributed by atoms with Gasteiger partial charge in [-0.1, -0.05) is 6.92 Å². The minimum Gasteiger partial charge on any atom is -0.493 e. The standard InChI is InChI=1S/C10H12F2OS/c1-2-3-13-7-4-9(11)8(6-14)10(12)5-7/h4-5,14H,2-3,6H2,1H3. The van der Waals surface area contributed by atoms with E-state index >= 15 is 0 Å². The van der Waals surface area contributed by atoms with E-state index in [9.17, 15) is 8.78 Å². The summed E-state index contributed by atoms with van der Waals surface area (Å²) >= 11 is 3.83. The molecule has 0 aliphatic heterocycles. The van der Waals surface area contributed by atoms with Crippen molar-refractivity contribution in [2.75, 3.05) is 6.61 Å². The first kappa shape index (κ1) is 11.3. The molecule has 0 atom stereocenters. The quantitative estimate of drug-likeness (QED) is 0.764. The monoisotopic (exact) mass is 218 g/mol. The number of hydrogen-bond acceptors (Lipinski definition) is 2. The predicted octanol–water partition coefficient (Wildman–Crippen LogP) is 3.18. The Labute approximate surface area is 87.5 Å². The van der Waals surface area contributed by atoms with Crippen molar-refractivity contribution < 1.29 is 13.5 Å². The van der Waals surface area contributed by atoms with E-state index in [2.05, 4.69) is 12.6 Å². The highest BCUT2D eigenvalue weighted by Crippen LogP contribution is 2.21. The lowest BCUT2D eigenvalue weighted by molar-refractivity contribution is 0.313. The van der Waals surface area contributed by atoms with Crippen LogP contribution in [0, 0.1) is 11.6 Å². The van der Waals surface area contributed by atoms with Crippen molar-refractivity contribution in [2.45, 2.75) is 19.1 Å². The normalized spacial score (nSPS) is 10.3. The van der Waals surface area contributed by atoms with E-state index in [4.69, 9.17) is 4.74 Å². The molecule has 0 fully saturated rings. The van der Waals surface area contributed by atoms with Crippen LogP contribution < -0.4 is 4.74 Å². The van der Waals surface area contributed by atoms with Crippen LogP contribution >= 0.6 is 12.6 Å². The second kappa shape index (κ2) is 5.20. The highest BCUT2D eigenvalue weighted by molar-refractivity contribution is 7.79. The lowest BCUT2D eigenvalue weighted by Crippen LogP contribution is -1.99. The van der Waals surface area contributed by atoms with E-state index < -0.39 is 11.6 Å². The van der Waals surface area contributed by atoms with Crippen LogP contribution in [0.1, 0.15) is 18.9 Å². The average molecular weight is 218 g/mol. The predicted molar refractivity (Wildman–Crippen MR) is 54.8 cm³/mol. The zero-order valence-corrected chi connectivity index (χ0v) is 8.78. The van der Waals surface area contributed by atoms with Crippen LogP contribution in [0.4, 0.5) is 8.78 Å². The molecule has 14 heavy (non-hydrogen) atoms. The molecule has 0 aliphatic rings. The van der Waals surface area contributed by atoms with Gasteiger partial charge in [0.25, 0.3) is 0 Å². The lowest BCUT2D eigenvalue weighted by atomic mass is 10.2. The van der Waals surface area contributed by atoms with Gasteiger partial charge in [-0.25, -0.2) is 8.78 Å². The summed E-state index contributed by atoms with van der Waals surface area (Å²) in [6.07, 6.45) is 0.803. The third-order valence-corrected chi connectivity index (χ3v) is 2.06. The Kier molecular flexibility index (Phi) is 4.20. The summed E-state index contributed by atoms with van der Waals surface area (Å²) < 4.78 is 31.5. The molecule has 0 saturated heterocycles. The smallest absolute Gasteiger partial charge is 0.133 e. The number of hydrogen-bond donors (Lipinski definition) is 1. The molecule has 1 nitrogen and oxygen atoms in total. The van der Waals surface area contributed by atoms with Gasteiger partial charge < -0.3 is 4.74 Å². The number of rotatable bonds is 4. The first-order valence-corrected chi connectivity index (χ1v) is 5.03. The van der Waals surface area contributed by atoms with Gasteiger partial charge in [-0.05, 0) is 6.42 Å². The van der Waals surface area contributed by atoms with E-state index in [1.165, 1.54) is 12.1 Å². The van der Waals surface area contributed by atoms with Crippen LogP contribution in [-0.2, 0) is 5.75 Å². The summed E-state index contributed by atoms with van der Waals surface area (Å²) in [5.74, 6) is -0.935. The molecule has 0 radical (unpaired) electrons. The zero-order chi connectivity index (χ0) is 10.6. The van der Waals surface area contributed by atoms with Gasteiger partial charge in [0, 0.05) is 23.4 Å². The van der Waals surface area contributed by atoms with Crippen molar-refractivity contribution in [3.8, 4) is 5.75 Å². The molecule has 78 valence electrons. The van der Waals surface area contributed by atoms with E-state index in [1.54, 1.807) is 0 Å². The second-order valence-electron chi connectivity index (χ2n) is 2.87. The van der Waals surface area contributed by atoms with Crippen LogP contribution in [-0.4, -0.2) is 6.61 Å². The van der Waals surface area contributed by atoms with Crippen molar-refractivity contribution >= 4 is 12.6 Å². The van der Waals surface area contributed by atoms with Gasteiger partial charge in [-0.3, -0.25) is 0 Å². The van der Waals surface area contributed by atoms with Gasteiger partial charge in [0.2, 0.25) is 0 Å². The maximum Gasteiger partial charge on any atom is 0.133 e. The third kappa shape index (κ3) is 2.61. The van der Waals surface area contributed by atoms with Crippen molar-refractivity contribution in [1.82, 2.24) is 0 Å². The molecular formula is C10H12F2OS. The average Bonchev–Trinajstić information content (AvgIpc) is 2.14. The topological polar surface area (TPSA) is 9.23 Å². The van der Waals surface area contributed by atoms with Gasteiger partial charge in [-0.15, -0.1) is 0 Å². The fourth-order valence-corrected chi connectivity index (χ4v) is 1.34. The van der Waals surface area contributed by atoms with Crippen molar-refractivity contribution in [3.63, 3.8) is 0 Å². The van der Waals surface area contributed by atoms with Gasteiger partial charge in [0.05, 0.1) is 6.61 Å². The zero-order valence-electron chi connectivity index (χ0n) is 7.89. The summed E-state index contributed by atoms with van der Waals surface area (Å²) in [5, 5.41) is 0. The summed E-state index contributed by atoms with van der Waals surface area (Å²) in [4.78, 5) is 0. The minimum absolute atomic E-state index is 0.0165. The van der Waals surface area contributed by atoms with E-state index in [1.807, 2.05) is 6.92 Å². The molecule has 1 rings (SSSR count). The summed E-state index contributed by atoms with van der Waals surface area (Å²) in [6.45, 7) is 2.38. The Balaban J connectivity index is 2.90. The molecule has 0 N–H and O–H groups in total. The Morgan fingerprint density at radius 1 is 1.29 bits per heavy atom. The van der Waals surface area contributed by atoms with Crippen molar-refractivity contribution in [2.24, 2.45) is 0 Å². The molecule has 0 bridgehead atoms.